The van der Waals surface area contributed by atoms with Gasteiger partial charge in [-0.05, 0) is 36.6 Å². The lowest BCUT2D eigenvalue weighted by molar-refractivity contribution is -0.136. The Kier molecular flexibility index (Phi) is 3.96. The maximum Gasteiger partial charge on any atom is 0.317 e. The van der Waals surface area contributed by atoms with Crippen molar-refractivity contribution >= 4 is 33.5 Å². The minimum Gasteiger partial charge on any atom is -0.480 e. The quantitative estimate of drug-likeness (QED) is 0.862. The molecule has 0 bridgehead atoms. The minimum absolute atomic E-state index is 0.471. The third-order valence-corrected chi connectivity index (χ3v) is 2.92. The van der Waals surface area contributed by atoms with Crippen molar-refractivity contribution in [3.63, 3.8) is 0 Å². The van der Waals surface area contributed by atoms with Gasteiger partial charge < -0.3 is 5.11 Å². The smallest absolute Gasteiger partial charge is 0.317 e. The number of aliphatic carboxylic acids is 1. The molecule has 14 heavy (non-hydrogen) atoms. The zero-order valence-electron chi connectivity index (χ0n) is 7.63. The highest BCUT2D eigenvalue weighted by Gasteiger charge is 2.14. The predicted molar refractivity (Wildman–Crippen MR) is 60.2 cm³/mol. The average Bonchev–Trinajstić information content (AvgIpc) is 2.09. The Morgan fingerprint density at radius 2 is 2.29 bits per heavy atom. The number of benzene rings is 1. The van der Waals surface area contributed by atoms with E-state index in [1.54, 1.807) is 6.07 Å². The zero-order valence-corrected chi connectivity index (χ0v) is 9.97. The fourth-order valence-corrected chi connectivity index (χ4v) is 1.74. The molecule has 0 aliphatic carbocycles. The van der Waals surface area contributed by atoms with Crippen molar-refractivity contribution < 1.29 is 9.90 Å². The second-order valence-electron chi connectivity index (χ2n) is 3.08. The van der Waals surface area contributed by atoms with Crippen LogP contribution in [0.3, 0.4) is 0 Å². The molecule has 1 atom stereocenters. The number of hydrogen-bond acceptors (Lipinski definition) is 1. The molecule has 0 saturated heterocycles. The van der Waals surface area contributed by atoms with Crippen LogP contribution >= 0.6 is 27.5 Å². The van der Waals surface area contributed by atoms with Crippen molar-refractivity contribution in [2.75, 3.05) is 0 Å². The molecule has 1 rings (SSSR count). The maximum absolute atomic E-state index is 10.6. The van der Waals surface area contributed by atoms with Crippen molar-refractivity contribution in [2.24, 2.45) is 0 Å². The summed E-state index contributed by atoms with van der Waals surface area (Å²) in [4.78, 5) is 10.1. The highest BCUT2D eigenvalue weighted by atomic mass is 79.9. The van der Waals surface area contributed by atoms with E-state index in [-0.39, 0.29) is 0 Å². The number of aryl methyl sites for hydroxylation is 1. The van der Waals surface area contributed by atoms with Gasteiger partial charge in [-0.25, -0.2) is 0 Å². The van der Waals surface area contributed by atoms with Crippen molar-refractivity contribution in [3.05, 3.63) is 34.3 Å². The summed E-state index contributed by atoms with van der Waals surface area (Å²) in [5, 5.41) is 9.39. The molecule has 0 spiro atoms. The highest BCUT2D eigenvalue weighted by Crippen LogP contribution is 2.18. The largest absolute Gasteiger partial charge is 0.480 e. The van der Waals surface area contributed by atoms with Crippen LogP contribution in [-0.4, -0.2) is 15.9 Å². The Bertz CT molecular complexity index is 352. The minimum atomic E-state index is -0.848. The number of carboxylic acid groups (broad SMARTS) is 1. The molecule has 1 aromatic carbocycles. The highest BCUT2D eigenvalue weighted by molar-refractivity contribution is 9.10. The third kappa shape index (κ3) is 3.00. The Hall–Kier alpha value is -0.540. The van der Waals surface area contributed by atoms with E-state index in [0.717, 1.165) is 11.1 Å². The molecule has 0 amide bonds. The molecule has 0 radical (unpaired) electrons. The molecular weight excluding hydrogens is 267 g/mol. The number of halogens is 2. The van der Waals surface area contributed by atoms with Gasteiger partial charge in [-0.15, -0.1) is 0 Å². The summed E-state index contributed by atoms with van der Waals surface area (Å²) in [7, 11) is 0. The molecule has 1 aromatic rings. The molecule has 0 saturated carbocycles. The van der Waals surface area contributed by atoms with Gasteiger partial charge in [0.25, 0.3) is 0 Å². The molecule has 0 aliphatic heterocycles. The monoisotopic (exact) mass is 276 g/mol. The van der Waals surface area contributed by atoms with Crippen LogP contribution < -0.4 is 0 Å². The molecule has 0 aliphatic rings. The first-order chi connectivity index (χ1) is 6.50. The van der Waals surface area contributed by atoms with Crippen LogP contribution in [0, 0.1) is 6.92 Å². The molecule has 76 valence electrons. The van der Waals surface area contributed by atoms with E-state index in [4.69, 9.17) is 16.7 Å². The lowest BCUT2D eigenvalue weighted by Gasteiger charge is -2.08. The normalized spacial score (nSPS) is 12.5. The van der Waals surface area contributed by atoms with Crippen LogP contribution in [0.5, 0.6) is 0 Å². The Morgan fingerprint density at radius 1 is 1.64 bits per heavy atom. The molecule has 2 nitrogen and oxygen atoms in total. The SMILES string of the molecule is Cc1cc(Cl)ccc1CC(Br)C(=O)O. The molecular formula is C10H10BrClO2. The summed E-state index contributed by atoms with van der Waals surface area (Å²) >= 11 is 8.89. The average molecular weight is 278 g/mol. The molecule has 4 heteroatoms. The maximum atomic E-state index is 10.6. The number of alkyl halides is 1. The van der Waals surface area contributed by atoms with Crippen LogP contribution in [0.2, 0.25) is 5.02 Å². The second kappa shape index (κ2) is 4.80. The van der Waals surface area contributed by atoms with E-state index >= 15 is 0 Å². The van der Waals surface area contributed by atoms with Gasteiger partial charge >= 0.3 is 5.97 Å². The number of rotatable bonds is 3. The van der Waals surface area contributed by atoms with Crippen molar-refractivity contribution in [3.8, 4) is 0 Å². The summed E-state index contributed by atoms with van der Waals surface area (Å²) in [5.41, 5.74) is 2.02. The second-order valence-corrected chi connectivity index (χ2v) is 4.62. The number of carbonyl (C=O) groups is 1. The van der Waals surface area contributed by atoms with Crippen LogP contribution in [0.25, 0.3) is 0 Å². The van der Waals surface area contributed by atoms with Gasteiger partial charge in [0, 0.05) is 5.02 Å². The molecule has 0 heterocycles. The van der Waals surface area contributed by atoms with Crippen LogP contribution in [0.15, 0.2) is 18.2 Å². The van der Waals surface area contributed by atoms with Crippen LogP contribution in [0.1, 0.15) is 11.1 Å². The topological polar surface area (TPSA) is 37.3 Å². The van der Waals surface area contributed by atoms with Crippen molar-refractivity contribution in [1.82, 2.24) is 0 Å². The Morgan fingerprint density at radius 3 is 2.79 bits per heavy atom. The summed E-state index contributed by atoms with van der Waals surface area (Å²) in [6.45, 7) is 1.92. The number of carboxylic acids is 1. The Labute approximate surface area is 96.0 Å². The van der Waals surface area contributed by atoms with E-state index < -0.39 is 10.8 Å². The first-order valence-electron chi connectivity index (χ1n) is 4.12. The third-order valence-electron chi connectivity index (χ3n) is 1.97. The van der Waals surface area contributed by atoms with E-state index in [9.17, 15) is 4.79 Å². The first-order valence-corrected chi connectivity index (χ1v) is 5.42. The van der Waals surface area contributed by atoms with E-state index in [0.29, 0.717) is 11.4 Å². The molecule has 1 N–H and O–H groups in total. The van der Waals surface area contributed by atoms with Gasteiger partial charge in [0.15, 0.2) is 0 Å². The lowest BCUT2D eigenvalue weighted by Crippen LogP contribution is -2.15. The summed E-state index contributed by atoms with van der Waals surface area (Å²) in [6.07, 6.45) is 0.471. The van der Waals surface area contributed by atoms with Gasteiger partial charge in [-0.1, -0.05) is 33.6 Å². The fraction of sp³-hybridized carbons (Fsp3) is 0.300. The Balaban J connectivity index is 2.82. The summed E-state index contributed by atoms with van der Waals surface area (Å²) in [6, 6.07) is 5.46. The van der Waals surface area contributed by atoms with Crippen molar-refractivity contribution in [2.45, 2.75) is 18.2 Å². The van der Waals surface area contributed by atoms with Gasteiger partial charge in [0.1, 0.15) is 4.83 Å². The van der Waals surface area contributed by atoms with E-state index in [2.05, 4.69) is 15.9 Å². The molecule has 0 fully saturated rings. The standard InChI is InChI=1S/C10H10BrClO2/c1-6-4-8(12)3-2-7(6)5-9(11)10(13)14/h2-4,9H,5H2,1H3,(H,13,14). The van der Waals surface area contributed by atoms with Crippen molar-refractivity contribution in [1.29, 1.82) is 0 Å². The molecule has 0 aromatic heterocycles. The van der Waals surface area contributed by atoms with Crippen LogP contribution in [0.4, 0.5) is 0 Å². The van der Waals surface area contributed by atoms with Gasteiger partial charge in [0.2, 0.25) is 0 Å². The summed E-state index contributed by atoms with van der Waals surface area (Å²) in [5.74, 6) is -0.848. The predicted octanol–water partition coefficient (Wildman–Crippen LogP) is 3.04. The van der Waals surface area contributed by atoms with E-state index in [1.165, 1.54) is 0 Å². The fourth-order valence-electron chi connectivity index (χ4n) is 1.17. The van der Waals surface area contributed by atoms with Gasteiger partial charge in [0.05, 0.1) is 0 Å². The molecule has 1 unspecified atom stereocenters. The lowest BCUT2D eigenvalue weighted by atomic mass is 10.0. The first kappa shape index (κ1) is 11.5. The summed E-state index contributed by atoms with van der Waals surface area (Å²) < 4.78 is 0. The van der Waals surface area contributed by atoms with E-state index in [1.807, 2.05) is 19.1 Å². The van der Waals surface area contributed by atoms with Gasteiger partial charge in [-0.3, -0.25) is 4.79 Å². The zero-order chi connectivity index (χ0) is 10.7. The van der Waals surface area contributed by atoms with Gasteiger partial charge in [-0.2, -0.15) is 0 Å². The number of hydrogen-bond donors (Lipinski definition) is 1. The van der Waals surface area contributed by atoms with Crippen LogP contribution in [-0.2, 0) is 11.2 Å².